The monoisotopic (exact) mass is 694 g/mol. The van der Waals surface area contributed by atoms with Crippen LogP contribution in [0.15, 0.2) is 59.1 Å². The molecule has 256 valence electrons. The number of hydrogen-bond donors (Lipinski definition) is 0. The SMILES string of the molecule is Br.CCCCCCCCCCCCCCOc1ccc(CN(C(C)=O)c2cccc(CC3(C)CN=CC=C3C)c2)cc1C(C)(C)C. The number of dihydropyridines is 1. The van der Waals surface area contributed by atoms with Crippen LogP contribution < -0.4 is 9.64 Å². The highest BCUT2D eigenvalue weighted by atomic mass is 79.9. The van der Waals surface area contributed by atoms with E-state index in [4.69, 9.17) is 4.74 Å². The standard InChI is InChI=1S/C41H62N2O2.BrH/c1-8-9-10-11-12-13-14-15-16-17-18-19-27-45-39-24-23-36(29-38(39)40(4,5)6)31-43(34(3)44)37-22-20-21-35(28-37)30-41(7)32-42-26-25-33(41)2;/h20-26,28-29H,8-19,27,30-32H2,1-7H3;1H. The number of allylic oxidation sites excluding steroid dienone is 1. The second kappa shape index (κ2) is 20.1. The highest BCUT2D eigenvalue weighted by molar-refractivity contribution is 8.93. The molecule has 2 aromatic rings. The van der Waals surface area contributed by atoms with Crippen LogP contribution in [-0.4, -0.2) is 25.3 Å². The number of unbranched alkanes of at least 4 members (excludes halogenated alkanes) is 11. The van der Waals surface area contributed by atoms with Gasteiger partial charge in [0.2, 0.25) is 5.91 Å². The van der Waals surface area contributed by atoms with Crippen LogP contribution in [0, 0.1) is 5.41 Å². The quantitative estimate of drug-likeness (QED) is 0.137. The van der Waals surface area contributed by atoms with Crippen molar-refractivity contribution in [2.75, 3.05) is 18.1 Å². The van der Waals surface area contributed by atoms with Crippen LogP contribution >= 0.6 is 17.0 Å². The van der Waals surface area contributed by atoms with Gasteiger partial charge < -0.3 is 9.64 Å². The van der Waals surface area contributed by atoms with E-state index in [1.54, 1.807) is 6.92 Å². The molecule has 5 heteroatoms. The average molecular weight is 696 g/mol. The molecule has 1 aliphatic rings. The second-order valence-electron chi connectivity index (χ2n) is 14.7. The molecule has 0 N–H and O–H groups in total. The van der Waals surface area contributed by atoms with Crippen molar-refractivity contribution < 1.29 is 9.53 Å². The van der Waals surface area contributed by atoms with E-state index >= 15 is 0 Å². The summed E-state index contributed by atoms with van der Waals surface area (Å²) in [6, 6.07) is 14.9. The minimum atomic E-state index is -0.0633. The Morgan fingerprint density at radius 3 is 2.11 bits per heavy atom. The molecule has 0 spiro atoms. The lowest BCUT2D eigenvalue weighted by Gasteiger charge is -2.31. The zero-order valence-electron chi connectivity index (χ0n) is 30.1. The van der Waals surface area contributed by atoms with E-state index in [2.05, 4.69) is 89.0 Å². The van der Waals surface area contributed by atoms with Crippen molar-refractivity contribution in [3.8, 4) is 5.75 Å². The van der Waals surface area contributed by atoms with E-state index in [0.717, 1.165) is 43.0 Å². The summed E-state index contributed by atoms with van der Waals surface area (Å²) in [6.07, 6.45) is 21.0. The number of ether oxygens (including phenoxy) is 1. The predicted molar refractivity (Wildman–Crippen MR) is 204 cm³/mol. The first-order valence-corrected chi connectivity index (χ1v) is 17.8. The second-order valence-corrected chi connectivity index (χ2v) is 14.7. The number of aliphatic imine (C=N–C) groups is 1. The van der Waals surface area contributed by atoms with E-state index in [1.807, 2.05) is 17.2 Å². The van der Waals surface area contributed by atoms with E-state index in [-0.39, 0.29) is 33.7 Å². The fourth-order valence-corrected chi connectivity index (χ4v) is 6.30. The molecule has 0 fully saturated rings. The number of benzene rings is 2. The van der Waals surface area contributed by atoms with Gasteiger partial charge >= 0.3 is 0 Å². The van der Waals surface area contributed by atoms with Gasteiger partial charge in [-0.2, -0.15) is 0 Å². The molecular formula is C41H63BrN2O2. The van der Waals surface area contributed by atoms with Crippen molar-refractivity contribution in [3.63, 3.8) is 0 Å². The normalized spacial score (nSPS) is 16.1. The van der Waals surface area contributed by atoms with Crippen LogP contribution in [0.1, 0.15) is 142 Å². The third-order valence-corrected chi connectivity index (χ3v) is 9.47. The minimum absolute atomic E-state index is 0. The molecule has 3 rings (SSSR count). The maximum absolute atomic E-state index is 12.9. The molecular weight excluding hydrogens is 632 g/mol. The first-order valence-electron chi connectivity index (χ1n) is 17.8. The molecule has 2 aromatic carbocycles. The van der Waals surface area contributed by atoms with Crippen molar-refractivity contribution >= 4 is 34.8 Å². The van der Waals surface area contributed by atoms with Crippen molar-refractivity contribution in [2.45, 2.75) is 144 Å². The van der Waals surface area contributed by atoms with Crippen LogP contribution in [0.4, 0.5) is 5.69 Å². The van der Waals surface area contributed by atoms with Crippen molar-refractivity contribution in [3.05, 3.63) is 70.8 Å². The lowest BCUT2D eigenvalue weighted by atomic mass is 9.76. The highest BCUT2D eigenvalue weighted by Gasteiger charge is 2.28. The zero-order valence-corrected chi connectivity index (χ0v) is 31.8. The summed E-state index contributed by atoms with van der Waals surface area (Å²) in [5.41, 5.74) is 5.76. The average Bonchev–Trinajstić information content (AvgIpc) is 2.99. The van der Waals surface area contributed by atoms with Crippen LogP contribution in [0.5, 0.6) is 5.75 Å². The molecule has 0 saturated carbocycles. The maximum Gasteiger partial charge on any atom is 0.224 e. The van der Waals surface area contributed by atoms with Gasteiger partial charge in [-0.05, 0) is 72.2 Å². The van der Waals surface area contributed by atoms with E-state index in [0.29, 0.717) is 6.54 Å². The van der Waals surface area contributed by atoms with E-state index in [1.165, 1.54) is 87.3 Å². The van der Waals surface area contributed by atoms with Crippen molar-refractivity contribution in [1.29, 1.82) is 0 Å². The molecule has 0 aromatic heterocycles. The molecule has 4 nitrogen and oxygen atoms in total. The Bertz CT molecular complexity index is 1260. The summed E-state index contributed by atoms with van der Waals surface area (Å²) < 4.78 is 6.36. The molecule has 1 aliphatic heterocycles. The summed E-state index contributed by atoms with van der Waals surface area (Å²) >= 11 is 0. The first-order chi connectivity index (χ1) is 21.5. The molecule has 0 saturated heterocycles. The van der Waals surface area contributed by atoms with Crippen LogP contribution in [0.2, 0.25) is 0 Å². The summed E-state index contributed by atoms with van der Waals surface area (Å²) in [7, 11) is 0. The molecule has 1 amide bonds. The highest BCUT2D eigenvalue weighted by Crippen LogP contribution is 2.35. The van der Waals surface area contributed by atoms with E-state index in [9.17, 15) is 4.79 Å². The zero-order chi connectivity index (χ0) is 32.7. The molecule has 46 heavy (non-hydrogen) atoms. The Kier molecular flexibility index (Phi) is 17.4. The van der Waals surface area contributed by atoms with Gasteiger partial charge in [-0.3, -0.25) is 9.79 Å². The van der Waals surface area contributed by atoms with Crippen LogP contribution in [-0.2, 0) is 23.2 Å². The minimum Gasteiger partial charge on any atom is -0.493 e. The largest absolute Gasteiger partial charge is 0.493 e. The third kappa shape index (κ3) is 13.0. The maximum atomic E-state index is 12.9. The van der Waals surface area contributed by atoms with Crippen LogP contribution in [0.25, 0.3) is 0 Å². The summed E-state index contributed by atoms with van der Waals surface area (Å²) in [6.45, 7) is 17.2. The molecule has 0 aliphatic carbocycles. The number of rotatable bonds is 19. The summed E-state index contributed by atoms with van der Waals surface area (Å²) in [5.74, 6) is 1.01. The van der Waals surface area contributed by atoms with Crippen molar-refractivity contribution in [1.82, 2.24) is 0 Å². The summed E-state index contributed by atoms with van der Waals surface area (Å²) in [4.78, 5) is 19.4. The van der Waals surface area contributed by atoms with Gasteiger partial charge in [0.15, 0.2) is 0 Å². The summed E-state index contributed by atoms with van der Waals surface area (Å²) in [5, 5.41) is 0. The molecule has 1 heterocycles. The number of hydrogen-bond acceptors (Lipinski definition) is 3. The van der Waals surface area contributed by atoms with Gasteiger partial charge in [0.1, 0.15) is 5.75 Å². The van der Waals surface area contributed by atoms with Gasteiger partial charge in [0.25, 0.3) is 0 Å². The lowest BCUT2D eigenvalue weighted by Crippen LogP contribution is -2.29. The fourth-order valence-electron chi connectivity index (χ4n) is 6.30. The fraction of sp³-hybridized carbons (Fsp3) is 0.610. The topological polar surface area (TPSA) is 41.9 Å². The number of anilines is 1. The van der Waals surface area contributed by atoms with Crippen molar-refractivity contribution in [2.24, 2.45) is 10.4 Å². The molecule has 0 radical (unpaired) electrons. The Morgan fingerprint density at radius 2 is 1.52 bits per heavy atom. The lowest BCUT2D eigenvalue weighted by molar-refractivity contribution is -0.116. The number of carbonyl (C=O) groups is 1. The van der Waals surface area contributed by atoms with Gasteiger partial charge in [-0.25, -0.2) is 0 Å². The van der Waals surface area contributed by atoms with Crippen LogP contribution in [0.3, 0.4) is 0 Å². The van der Waals surface area contributed by atoms with Gasteiger partial charge in [-0.15, -0.1) is 17.0 Å². The predicted octanol–water partition coefficient (Wildman–Crippen LogP) is 11.8. The Balaban J connectivity index is 0.00000736. The number of amides is 1. The third-order valence-electron chi connectivity index (χ3n) is 9.47. The molecule has 0 bridgehead atoms. The number of halogens is 1. The van der Waals surface area contributed by atoms with E-state index < -0.39 is 0 Å². The van der Waals surface area contributed by atoms with Gasteiger partial charge in [0, 0.05) is 30.8 Å². The number of nitrogens with zero attached hydrogens (tertiary/aromatic N) is 2. The van der Waals surface area contributed by atoms with Gasteiger partial charge in [-0.1, -0.05) is 129 Å². The van der Waals surface area contributed by atoms with Gasteiger partial charge in [0.05, 0.1) is 13.2 Å². The Morgan fingerprint density at radius 1 is 0.891 bits per heavy atom. The first kappa shape index (κ1) is 39.8. The smallest absolute Gasteiger partial charge is 0.224 e. The Labute approximate surface area is 292 Å². The molecule has 1 atom stereocenters. The number of carbonyl (C=O) groups excluding carboxylic acids is 1. The molecule has 1 unspecified atom stereocenters. The Hall–Kier alpha value is -2.40.